The number of rotatable bonds is 5. The largest absolute Gasteiger partial charge is 0.404 e. The molecule has 1 aromatic heterocycles. The second kappa shape index (κ2) is 7.65. The Balaban J connectivity index is 2.26. The third kappa shape index (κ3) is 4.71. The van der Waals surface area contributed by atoms with Crippen molar-refractivity contribution in [1.82, 2.24) is 9.29 Å². The smallest absolute Gasteiger partial charge is 0.345 e. The standard InChI is InChI=1S/C17H16F4N4O2S/c1-10(17(19,20)21)24-28(4,27)12-8-15(25(3)9-12)16(26)23-11-5-6-13(18)14(7-11)22-2/h5-10H,4H2,1,3H3,(H,23,26)(H,24,27)/t10-,28?/m0/s1. The van der Waals surface area contributed by atoms with E-state index in [2.05, 4.69) is 16.0 Å². The highest BCUT2D eigenvalue weighted by molar-refractivity contribution is 7.98. The summed E-state index contributed by atoms with van der Waals surface area (Å²) in [6.07, 6.45) is -3.38. The van der Waals surface area contributed by atoms with Gasteiger partial charge in [0, 0.05) is 18.9 Å². The molecule has 2 N–H and O–H groups in total. The average Bonchev–Trinajstić information content (AvgIpc) is 2.98. The molecule has 0 bridgehead atoms. The first-order chi connectivity index (χ1) is 12.8. The number of nitrogens with one attached hydrogen (secondary N) is 2. The van der Waals surface area contributed by atoms with Crippen molar-refractivity contribution >= 4 is 32.9 Å². The first kappa shape index (κ1) is 21.5. The Bertz CT molecular complexity index is 1050. The minimum absolute atomic E-state index is 0.0125. The van der Waals surface area contributed by atoms with Crippen LogP contribution < -0.4 is 10.0 Å². The maximum Gasteiger partial charge on any atom is 0.404 e. The number of hydrogen-bond donors (Lipinski definition) is 2. The Hall–Kier alpha value is -2.84. The fraction of sp³-hybridized carbons (Fsp3) is 0.235. The molecule has 1 heterocycles. The van der Waals surface area contributed by atoms with Gasteiger partial charge in [-0.15, -0.1) is 0 Å². The van der Waals surface area contributed by atoms with Crippen molar-refractivity contribution in [1.29, 1.82) is 0 Å². The number of amides is 1. The van der Waals surface area contributed by atoms with E-state index in [0.29, 0.717) is 0 Å². The van der Waals surface area contributed by atoms with Crippen molar-refractivity contribution in [2.75, 3.05) is 5.32 Å². The summed E-state index contributed by atoms with van der Waals surface area (Å²) in [5.41, 5.74) is -0.141. The van der Waals surface area contributed by atoms with E-state index in [1.54, 1.807) is 0 Å². The zero-order valence-electron chi connectivity index (χ0n) is 14.8. The van der Waals surface area contributed by atoms with E-state index in [1.165, 1.54) is 23.9 Å². The quantitative estimate of drug-likeness (QED) is 0.445. The molecule has 0 fully saturated rings. The van der Waals surface area contributed by atoms with Crippen LogP contribution in [0, 0.1) is 12.4 Å². The van der Waals surface area contributed by atoms with Crippen molar-refractivity contribution in [3.05, 3.63) is 53.4 Å². The topological polar surface area (TPSA) is 67.5 Å². The lowest BCUT2D eigenvalue weighted by molar-refractivity contribution is -0.146. The van der Waals surface area contributed by atoms with Gasteiger partial charge in [0.1, 0.15) is 17.6 Å². The fourth-order valence-corrected chi connectivity index (χ4v) is 3.70. The van der Waals surface area contributed by atoms with E-state index in [1.807, 2.05) is 4.72 Å². The number of aromatic nitrogens is 1. The predicted molar refractivity (Wildman–Crippen MR) is 98.2 cm³/mol. The normalized spacial score (nSPS) is 14.8. The predicted octanol–water partition coefficient (Wildman–Crippen LogP) is 3.50. The maximum atomic E-state index is 13.4. The van der Waals surface area contributed by atoms with Crippen LogP contribution in [0.4, 0.5) is 28.9 Å². The van der Waals surface area contributed by atoms with Crippen LogP contribution >= 0.6 is 0 Å². The highest BCUT2D eigenvalue weighted by Gasteiger charge is 2.37. The highest BCUT2D eigenvalue weighted by Crippen LogP contribution is 2.24. The first-order valence-electron chi connectivity index (χ1n) is 7.71. The monoisotopic (exact) mass is 416 g/mol. The van der Waals surface area contributed by atoms with Gasteiger partial charge in [0.05, 0.1) is 21.2 Å². The van der Waals surface area contributed by atoms with E-state index in [4.69, 9.17) is 6.57 Å². The number of alkyl halides is 3. The number of nitrogens with zero attached hydrogens (tertiary/aromatic N) is 2. The van der Waals surface area contributed by atoms with Crippen LogP contribution in [-0.2, 0) is 16.8 Å². The van der Waals surface area contributed by atoms with E-state index in [-0.39, 0.29) is 22.0 Å². The third-order valence-corrected chi connectivity index (χ3v) is 5.49. The number of halogens is 4. The zero-order valence-corrected chi connectivity index (χ0v) is 15.6. The van der Waals surface area contributed by atoms with Gasteiger partial charge in [0.15, 0.2) is 0 Å². The summed E-state index contributed by atoms with van der Waals surface area (Å²) < 4.78 is 67.3. The van der Waals surface area contributed by atoms with Gasteiger partial charge in [-0.2, -0.15) is 13.2 Å². The third-order valence-electron chi connectivity index (χ3n) is 3.78. The van der Waals surface area contributed by atoms with Gasteiger partial charge in [0.25, 0.3) is 5.91 Å². The van der Waals surface area contributed by atoms with Gasteiger partial charge in [0.2, 0.25) is 5.69 Å². The van der Waals surface area contributed by atoms with Crippen LogP contribution in [-0.4, -0.2) is 32.8 Å². The first-order valence-corrected chi connectivity index (χ1v) is 9.44. The number of aryl methyl sites for hydroxylation is 1. The number of anilines is 1. The van der Waals surface area contributed by atoms with Gasteiger partial charge >= 0.3 is 6.18 Å². The van der Waals surface area contributed by atoms with Crippen LogP contribution in [0.15, 0.2) is 35.4 Å². The Morgan fingerprint density at radius 2 is 2.00 bits per heavy atom. The van der Waals surface area contributed by atoms with Crippen LogP contribution in [0.25, 0.3) is 4.85 Å². The summed E-state index contributed by atoms with van der Waals surface area (Å²) in [6.45, 7) is 7.69. The molecule has 0 spiro atoms. The molecule has 2 atom stereocenters. The van der Waals surface area contributed by atoms with Gasteiger partial charge in [-0.3, -0.25) is 4.79 Å². The molecule has 1 unspecified atom stereocenters. The molecule has 2 rings (SSSR count). The Morgan fingerprint density at radius 1 is 1.36 bits per heavy atom. The number of hydrogen-bond acceptors (Lipinski definition) is 2. The molecule has 11 heteroatoms. The summed E-state index contributed by atoms with van der Waals surface area (Å²) in [5, 5.41) is 2.45. The molecule has 0 aliphatic heterocycles. The zero-order chi connectivity index (χ0) is 21.3. The summed E-state index contributed by atoms with van der Waals surface area (Å²) in [6, 6.07) is 2.50. The Morgan fingerprint density at radius 3 is 2.57 bits per heavy atom. The van der Waals surface area contributed by atoms with Gasteiger partial charge in [-0.05, 0) is 37.1 Å². The lowest BCUT2D eigenvalue weighted by atomic mass is 10.2. The summed E-state index contributed by atoms with van der Waals surface area (Å²) in [7, 11) is -2.09. The maximum absolute atomic E-state index is 13.4. The lowest BCUT2D eigenvalue weighted by Crippen LogP contribution is -2.42. The average molecular weight is 416 g/mol. The molecule has 0 aliphatic rings. The molecular weight excluding hydrogens is 400 g/mol. The van der Waals surface area contributed by atoms with Crippen LogP contribution in [0.1, 0.15) is 17.4 Å². The van der Waals surface area contributed by atoms with Crippen molar-refractivity contribution in [3.8, 4) is 0 Å². The minimum atomic E-state index is -4.61. The molecule has 28 heavy (non-hydrogen) atoms. The molecule has 2 aromatic rings. The van der Waals surface area contributed by atoms with Crippen molar-refractivity contribution in [2.24, 2.45) is 7.05 Å². The second-order valence-electron chi connectivity index (χ2n) is 5.96. The molecule has 1 aromatic carbocycles. The SMILES string of the molecule is [C-]#[N+]c1cc(NC(=O)c2cc(S(=C)(=O)N[C@@H](C)C(F)(F)F)cn2C)ccc1F. The molecule has 0 aliphatic carbocycles. The molecule has 0 radical (unpaired) electrons. The Labute approximate surface area is 159 Å². The summed E-state index contributed by atoms with van der Waals surface area (Å²) >= 11 is 0. The summed E-state index contributed by atoms with van der Waals surface area (Å²) in [4.78, 5) is 15.3. The summed E-state index contributed by atoms with van der Waals surface area (Å²) in [5.74, 6) is 1.90. The number of carbonyl (C=O) groups is 1. The molecule has 0 saturated heterocycles. The Kier molecular flexibility index (Phi) is 5.86. The number of carbonyl (C=O) groups excluding carboxylic acids is 1. The molecular formula is C17H16F4N4O2S. The van der Waals surface area contributed by atoms with E-state index in [0.717, 1.165) is 25.1 Å². The van der Waals surface area contributed by atoms with Crippen LogP contribution in [0.3, 0.4) is 0 Å². The number of benzene rings is 1. The van der Waals surface area contributed by atoms with E-state index >= 15 is 0 Å². The molecule has 1 amide bonds. The molecule has 150 valence electrons. The van der Waals surface area contributed by atoms with Crippen LogP contribution in [0.2, 0.25) is 0 Å². The van der Waals surface area contributed by atoms with Crippen molar-refractivity contribution < 1.29 is 26.6 Å². The van der Waals surface area contributed by atoms with Crippen LogP contribution in [0.5, 0.6) is 0 Å². The molecule has 0 saturated carbocycles. The van der Waals surface area contributed by atoms with E-state index in [9.17, 15) is 26.6 Å². The van der Waals surface area contributed by atoms with Gasteiger partial charge in [-0.25, -0.2) is 18.2 Å². The minimum Gasteiger partial charge on any atom is -0.345 e. The van der Waals surface area contributed by atoms with E-state index < -0.39 is 33.7 Å². The second-order valence-corrected chi connectivity index (χ2v) is 8.02. The van der Waals surface area contributed by atoms with Crippen molar-refractivity contribution in [2.45, 2.75) is 24.0 Å². The van der Waals surface area contributed by atoms with Gasteiger partial charge in [-0.1, -0.05) is 0 Å². The van der Waals surface area contributed by atoms with Crippen molar-refractivity contribution in [3.63, 3.8) is 0 Å². The highest BCUT2D eigenvalue weighted by atomic mass is 32.2. The fourth-order valence-electron chi connectivity index (χ4n) is 2.23. The molecule has 6 nitrogen and oxygen atoms in total. The van der Waals surface area contributed by atoms with Gasteiger partial charge < -0.3 is 9.88 Å². The lowest BCUT2D eigenvalue weighted by Gasteiger charge is -2.19.